The second-order valence-electron chi connectivity index (χ2n) is 2.05. The normalized spacial score (nSPS) is 9.00. The Labute approximate surface area is 104 Å². The molecule has 0 aliphatic carbocycles. The Morgan fingerprint density at radius 2 is 1.64 bits per heavy atom. The van der Waals surface area contributed by atoms with E-state index in [1.165, 1.54) is 12.1 Å². The van der Waals surface area contributed by atoms with Crippen LogP contribution >= 0.6 is 46.5 Å². The van der Waals surface area contributed by atoms with Crippen LogP contribution in [-0.4, -0.2) is 13.0 Å². The first-order chi connectivity index (χ1) is 5.00. The van der Waals surface area contributed by atoms with E-state index >= 15 is 0 Å². The second-order valence-corrected chi connectivity index (χ2v) is 4.14. The van der Waals surface area contributed by atoms with Gasteiger partial charge in [0.1, 0.15) is 0 Å². The molecule has 8 heteroatoms. The van der Waals surface area contributed by atoms with Gasteiger partial charge >= 0.3 is 0 Å². The minimum atomic E-state index is -4.04. The molecule has 84 valence electrons. The van der Waals surface area contributed by atoms with Gasteiger partial charge in [-0.1, -0.05) is 12.1 Å². The van der Waals surface area contributed by atoms with Crippen LogP contribution in [0.3, 0.4) is 0 Å². The monoisotopic (exact) mass is 298 g/mol. The Morgan fingerprint density at radius 3 is 1.93 bits per heavy atom. The van der Waals surface area contributed by atoms with Crippen LogP contribution in [0.1, 0.15) is 0 Å². The first-order valence-electron chi connectivity index (χ1n) is 2.83. The van der Waals surface area contributed by atoms with E-state index < -0.39 is 10.1 Å². The molecule has 3 nitrogen and oxygen atoms in total. The average Bonchev–Trinajstić information content (AvgIpc) is 1.86. The summed E-state index contributed by atoms with van der Waals surface area (Å²) in [6, 6.07) is 5.99. The van der Waals surface area contributed by atoms with E-state index in [2.05, 4.69) is 9.24 Å². The molecule has 1 aromatic rings. The van der Waals surface area contributed by atoms with Crippen molar-refractivity contribution in [3.8, 4) is 0 Å². The van der Waals surface area contributed by atoms with Gasteiger partial charge in [-0.25, -0.2) is 0 Å². The predicted molar refractivity (Wildman–Crippen MR) is 67.3 cm³/mol. The fraction of sp³-hybridized carbons (Fsp3) is 0. The standard InChI is InChI=1S/C6H7O3PS.3ClH/c7-11(8,9)6-3-1-2-5(10)4-6;;;/h1-4H,10H2,(H,7,8,9);3*1H. The molecule has 0 aliphatic heterocycles. The highest BCUT2D eigenvalue weighted by atomic mass is 35.5. The van der Waals surface area contributed by atoms with Crippen LogP contribution in [0.5, 0.6) is 0 Å². The summed E-state index contributed by atoms with van der Waals surface area (Å²) < 4.78 is 29.6. The fourth-order valence-electron chi connectivity index (χ4n) is 0.675. The lowest BCUT2D eigenvalue weighted by Crippen LogP contribution is -2.01. The van der Waals surface area contributed by atoms with Gasteiger partial charge in [-0.2, -0.15) is 8.42 Å². The highest BCUT2D eigenvalue weighted by molar-refractivity contribution is 7.85. The summed E-state index contributed by atoms with van der Waals surface area (Å²) in [7, 11) is -1.69. The quantitative estimate of drug-likeness (QED) is 0.634. The smallest absolute Gasteiger partial charge is 0.282 e. The maximum absolute atomic E-state index is 10.5. The zero-order valence-corrected chi connectivity index (χ0v) is 11.2. The van der Waals surface area contributed by atoms with Gasteiger partial charge in [0.05, 0.1) is 4.90 Å². The number of benzene rings is 1. The molecular formula is C6H10Cl3O3PS. The van der Waals surface area contributed by atoms with Crippen molar-refractivity contribution in [2.45, 2.75) is 4.90 Å². The summed E-state index contributed by atoms with van der Waals surface area (Å²) in [4.78, 5) is -0.0787. The number of hydrogen-bond acceptors (Lipinski definition) is 2. The van der Waals surface area contributed by atoms with E-state index in [1.807, 2.05) is 0 Å². The van der Waals surface area contributed by atoms with Crippen LogP contribution in [0, 0.1) is 0 Å². The summed E-state index contributed by atoms with van der Waals surface area (Å²) in [5.41, 5.74) is 0. The number of hydrogen-bond donors (Lipinski definition) is 1. The van der Waals surface area contributed by atoms with Crippen LogP contribution in [0.15, 0.2) is 29.2 Å². The molecule has 1 N–H and O–H groups in total. The van der Waals surface area contributed by atoms with E-state index in [-0.39, 0.29) is 42.1 Å². The molecule has 0 saturated carbocycles. The van der Waals surface area contributed by atoms with Crippen LogP contribution in [0.25, 0.3) is 0 Å². The molecule has 0 radical (unpaired) electrons. The molecule has 1 rings (SSSR count). The maximum Gasteiger partial charge on any atom is 0.294 e. The van der Waals surface area contributed by atoms with Gasteiger partial charge in [-0.3, -0.25) is 4.55 Å². The molecule has 0 saturated heterocycles. The zero-order valence-electron chi connectivity index (χ0n) is 6.78. The van der Waals surface area contributed by atoms with Gasteiger partial charge in [0.2, 0.25) is 0 Å². The van der Waals surface area contributed by atoms with Gasteiger partial charge in [0.15, 0.2) is 0 Å². The topological polar surface area (TPSA) is 54.4 Å². The Balaban J connectivity index is -0.000000403. The fourth-order valence-corrected chi connectivity index (χ4v) is 1.62. The Hall–Kier alpha value is 0.430. The predicted octanol–water partition coefficient (Wildman–Crippen LogP) is 1.70. The lowest BCUT2D eigenvalue weighted by atomic mass is 10.4. The molecule has 1 atom stereocenters. The van der Waals surface area contributed by atoms with Gasteiger partial charge in [0, 0.05) is 0 Å². The summed E-state index contributed by atoms with van der Waals surface area (Å²) in [5, 5.41) is 0.722. The number of halogens is 3. The molecule has 14 heavy (non-hydrogen) atoms. The minimum absolute atomic E-state index is 0. The van der Waals surface area contributed by atoms with Crippen molar-refractivity contribution in [3.05, 3.63) is 24.3 Å². The molecule has 0 amide bonds. The van der Waals surface area contributed by atoms with Gasteiger partial charge in [0.25, 0.3) is 10.1 Å². The summed E-state index contributed by atoms with van der Waals surface area (Å²) in [6.07, 6.45) is 0. The van der Waals surface area contributed by atoms with Crippen molar-refractivity contribution < 1.29 is 13.0 Å². The number of rotatable bonds is 1. The van der Waals surface area contributed by atoms with Gasteiger partial charge in [-0.15, -0.1) is 46.5 Å². The van der Waals surface area contributed by atoms with E-state index in [9.17, 15) is 8.42 Å². The Morgan fingerprint density at radius 1 is 1.14 bits per heavy atom. The third-order valence-corrected chi connectivity index (χ3v) is 2.36. The van der Waals surface area contributed by atoms with Crippen molar-refractivity contribution in [3.63, 3.8) is 0 Å². The molecule has 1 unspecified atom stereocenters. The largest absolute Gasteiger partial charge is 0.294 e. The Kier molecular flexibility index (Phi) is 10.9. The minimum Gasteiger partial charge on any atom is -0.282 e. The van der Waals surface area contributed by atoms with Crippen LogP contribution in [0.2, 0.25) is 0 Å². The van der Waals surface area contributed by atoms with Crippen molar-refractivity contribution in [1.29, 1.82) is 0 Å². The SMILES string of the molecule is Cl.Cl.Cl.O=S(=O)(O)c1cccc(P)c1. The molecule has 0 spiro atoms. The van der Waals surface area contributed by atoms with Crippen LogP contribution in [0.4, 0.5) is 0 Å². The van der Waals surface area contributed by atoms with E-state index in [1.54, 1.807) is 12.1 Å². The van der Waals surface area contributed by atoms with Gasteiger partial charge in [-0.05, 0) is 17.4 Å². The molecule has 1 aromatic carbocycles. The lowest BCUT2D eigenvalue weighted by Gasteiger charge is -1.96. The third-order valence-electron chi connectivity index (χ3n) is 1.16. The maximum atomic E-state index is 10.5. The Bertz CT molecular complexity index is 368. The second kappa shape index (κ2) is 7.69. The van der Waals surface area contributed by atoms with Crippen molar-refractivity contribution >= 4 is 61.9 Å². The van der Waals surface area contributed by atoms with E-state index in [0.717, 1.165) is 5.30 Å². The summed E-state index contributed by atoms with van der Waals surface area (Å²) >= 11 is 0. The summed E-state index contributed by atoms with van der Waals surface area (Å²) in [6.45, 7) is 0. The van der Waals surface area contributed by atoms with Crippen molar-refractivity contribution in [1.82, 2.24) is 0 Å². The van der Waals surface area contributed by atoms with Crippen LogP contribution in [-0.2, 0) is 10.1 Å². The first kappa shape index (κ1) is 19.9. The van der Waals surface area contributed by atoms with Gasteiger partial charge < -0.3 is 0 Å². The zero-order chi connectivity index (χ0) is 8.48. The first-order valence-corrected chi connectivity index (χ1v) is 4.85. The highest BCUT2D eigenvalue weighted by Crippen LogP contribution is 2.06. The molecule has 0 bridgehead atoms. The molecular weight excluding hydrogens is 289 g/mol. The van der Waals surface area contributed by atoms with Crippen LogP contribution < -0.4 is 5.30 Å². The highest BCUT2D eigenvalue weighted by Gasteiger charge is 2.07. The molecule has 0 heterocycles. The summed E-state index contributed by atoms with van der Waals surface area (Å²) in [5.74, 6) is 0. The van der Waals surface area contributed by atoms with E-state index in [4.69, 9.17) is 4.55 Å². The van der Waals surface area contributed by atoms with Crippen molar-refractivity contribution in [2.75, 3.05) is 0 Å². The van der Waals surface area contributed by atoms with E-state index in [0.29, 0.717) is 0 Å². The average molecular weight is 300 g/mol. The lowest BCUT2D eigenvalue weighted by molar-refractivity contribution is 0.483. The molecule has 0 aliphatic rings. The molecule has 0 fully saturated rings. The van der Waals surface area contributed by atoms with Crippen molar-refractivity contribution in [2.24, 2.45) is 0 Å². The molecule has 0 aromatic heterocycles. The third kappa shape index (κ3) is 6.02.